The van der Waals surface area contributed by atoms with Crippen molar-refractivity contribution in [2.75, 3.05) is 23.7 Å². The van der Waals surface area contributed by atoms with E-state index in [1.807, 2.05) is 94.4 Å². The standard InChI is InChI=1S/C30H37N3O4S/c1-6-31-30(35)28(19-25-13-8-7-9-14-25)32(20-26-15-11-10-12-23(26)3)29(34)21-33(38(5,36)37)27-17-16-22(2)18-24(27)4/h7-18,28H,6,19-21H2,1-5H3,(H,31,35). The van der Waals surface area contributed by atoms with Crippen LogP contribution in [0.1, 0.15) is 34.7 Å². The zero-order valence-electron chi connectivity index (χ0n) is 22.8. The molecule has 202 valence electrons. The Morgan fingerprint density at radius 1 is 0.895 bits per heavy atom. The lowest BCUT2D eigenvalue weighted by Crippen LogP contribution is -2.53. The van der Waals surface area contributed by atoms with Crippen LogP contribution >= 0.6 is 0 Å². The van der Waals surface area contributed by atoms with E-state index in [1.54, 1.807) is 6.07 Å². The van der Waals surface area contributed by atoms with E-state index in [4.69, 9.17) is 0 Å². The highest BCUT2D eigenvalue weighted by Gasteiger charge is 2.33. The van der Waals surface area contributed by atoms with Crippen LogP contribution in [0.25, 0.3) is 0 Å². The van der Waals surface area contributed by atoms with E-state index < -0.39 is 28.5 Å². The molecule has 0 aliphatic carbocycles. The van der Waals surface area contributed by atoms with Crippen molar-refractivity contribution in [1.29, 1.82) is 0 Å². The van der Waals surface area contributed by atoms with Crippen LogP contribution in [-0.2, 0) is 32.6 Å². The Labute approximate surface area is 226 Å². The van der Waals surface area contributed by atoms with Crippen molar-refractivity contribution >= 4 is 27.5 Å². The van der Waals surface area contributed by atoms with Crippen molar-refractivity contribution in [3.63, 3.8) is 0 Å². The van der Waals surface area contributed by atoms with E-state index in [1.165, 1.54) is 4.90 Å². The molecule has 0 saturated carbocycles. The van der Waals surface area contributed by atoms with Gasteiger partial charge in [0.1, 0.15) is 12.6 Å². The molecule has 0 aliphatic heterocycles. The molecular weight excluding hydrogens is 498 g/mol. The summed E-state index contributed by atoms with van der Waals surface area (Å²) in [5.74, 6) is -0.735. The molecule has 0 saturated heterocycles. The van der Waals surface area contributed by atoms with Gasteiger partial charge in [0.05, 0.1) is 11.9 Å². The molecule has 38 heavy (non-hydrogen) atoms. The first-order valence-corrected chi connectivity index (χ1v) is 14.6. The number of amides is 2. The second-order valence-corrected chi connectivity index (χ2v) is 11.5. The third-order valence-electron chi connectivity index (χ3n) is 6.52. The molecule has 1 N–H and O–H groups in total. The van der Waals surface area contributed by atoms with Gasteiger partial charge in [0.2, 0.25) is 21.8 Å². The third-order valence-corrected chi connectivity index (χ3v) is 7.65. The molecule has 3 rings (SSSR count). The largest absolute Gasteiger partial charge is 0.355 e. The van der Waals surface area contributed by atoms with Gasteiger partial charge in [-0.3, -0.25) is 13.9 Å². The minimum Gasteiger partial charge on any atom is -0.355 e. The van der Waals surface area contributed by atoms with E-state index in [0.717, 1.165) is 38.4 Å². The van der Waals surface area contributed by atoms with Crippen LogP contribution in [0.3, 0.4) is 0 Å². The molecule has 0 bridgehead atoms. The first kappa shape index (κ1) is 28.9. The molecule has 0 aromatic heterocycles. The summed E-state index contributed by atoms with van der Waals surface area (Å²) < 4.78 is 27.0. The summed E-state index contributed by atoms with van der Waals surface area (Å²) in [6.45, 7) is 7.70. The van der Waals surface area contributed by atoms with Gasteiger partial charge in [-0.1, -0.05) is 72.3 Å². The molecule has 2 amide bonds. The molecule has 0 spiro atoms. The van der Waals surface area contributed by atoms with Crippen LogP contribution in [-0.4, -0.2) is 50.5 Å². The minimum absolute atomic E-state index is 0.171. The average molecular weight is 536 g/mol. The first-order valence-electron chi connectivity index (χ1n) is 12.7. The maximum atomic E-state index is 14.0. The molecule has 1 unspecified atom stereocenters. The van der Waals surface area contributed by atoms with E-state index in [9.17, 15) is 18.0 Å². The second-order valence-electron chi connectivity index (χ2n) is 9.61. The molecule has 1 atom stereocenters. The van der Waals surface area contributed by atoms with Crippen LogP contribution < -0.4 is 9.62 Å². The second kappa shape index (κ2) is 12.7. The number of hydrogen-bond donors (Lipinski definition) is 1. The molecule has 0 heterocycles. The monoisotopic (exact) mass is 535 g/mol. The van der Waals surface area contributed by atoms with E-state index in [-0.39, 0.29) is 12.5 Å². The van der Waals surface area contributed by atoms with Crippen LogP contribution in [0.4, 0.5) is 5.69 Å². The SMILES string of the molecule is CCNC(=O)C(Cc1ccccc1)N(Cc1ccccc1C)C(=O)CN(c1ccc(C)cc1C)S(C)(=O)=O. The van der Waals surface area contributed by atoms with Crippen molar-refractivity contribution in [3.05, 3.63) is 101 Å². The van der Waals surface area contributed by atoms with Crippen molar-refractivity contribution < 1.29 is 18.0 Å². The number of carbonyl (C=O) groups excluding carboxylic acids is 2. The molecule has 7 nitrogen and oxygen atoms in total. The fourth-order valence-electron chi connectivity index (χ4n) is 4.50. The fourth-order valence-corrected chi connectivity index (χ4v) is 5.40. The summed E-state index contributed by atoms with van der Waals surface area (Å²) in [6.07, 6.45) is 1.39. The highest BCUT2D eigenvalue weighted by molar-refractivity contribution is 7.92. The van der Waals surface area contributed by atoms with E-state index in [2.05, 4.69) is 5.32 Å². The molecule has 3 aromatic carbocycles. The highest BCUT2D eigenvalue weighted by atomic mass is 32.2. The summed E-state index contributed by atoms with van der Waals surface area (Å²) in [5, 5.41) is 2.87. The lowest BCUT2D eigenvalue weighted by molar-refractivity contribution is -0.140. The summed E-state index contributed by atoms with van der Waals surface area (Å²) >= 11 is 0. The number of benzene rings is 3. The molecular formula is C30H37N3O4S. The van der Waals surface area contributed by atoms with Crippen LogP contribution in [0.15, 0.2) is 72.8 Å². The molecule has 8 heteroatoms. The first-order chi connectivity index (χ1) is 18.0. The number of nitrogens with zero attached hydrogens (tertiary/aromatic N) is 2. The van der Waals surface area contributed by atoms with Crippen LogP contribution in [0.5, 0.6) is 0 Å². The summed E-state index contributed by atoms with van der Waals surface area (Å²) in [5.41, 5.74) is 4.96. The fraction of sp³-hybridized carbons (Fsp3) is 0.333. The Hall–Kier alpha value is -3.65. The highest BCUT2D eigenvalue weighted by Crippen LogP contribution is 2.25. The Morgan fingerprint density at radius 3 is 2.16 bits per heavy atom. The Bertz CT molecular complexity index is 1370. The summed E-state index contributed by atoms with van der Waals surface area (Å²) in [4.78, 5) is 28.9. The Kier molecular flexibility index (Phi) is 9.69. The maximum absolute atomic E-state index is 14.0. The number of anilines is 1. The zero-order valence-corrected chi connectivity index (χ0v) is 23.6. The number of rotatable bonds is 11. The number of hydrogen-bond acceptors (Lipinski definition) is 4. The van der Waals surface area contributed by atoms with Crippen molar-refractivity contribution in [3.8, 4) is 0 Å². The van der Waals surface area contributed by atoms with E-state index in [0.29, 0.717) is 18.7 Å². The van der Waals surface area contributed by atoms with Gasteiger partial charge >= 0.3 is 0 Å². The topological polar surface area (TPSA) is 86.8 Å². The Balaban J connectivity index is 2.07. The maximum Gasteiger partial charge on any atom is 0.244 e. The normalized spacial score (nSPS) is 12.0. The molecule has 3 aromatic rings. The average Bonchev–Trinajstić information content (AvgIpc) is 2.86. The van der Waals surface area contributed by atoms with Crippen LogP contribution in [0, 0.1) is 20.8 Å². The van der Waals surface area contributed by atoms with Gasteiger partial charge in [-0.05, 0) is 56.0 Å². The Morgan fingerprint density at radius 2 is 1.55 bits per heavy atom. The summed E-state index contributed by atoms with van der Waals surface area (Å²) in [7, 11) is -3.79. The number of likely N-dealkylation sites (N-methyl/N-ethyl adjacent to an activating group) is 1. The quantitative estimate of drug-likeness (QED) is 0.400. The number of nitrogens with one attached hydrogen (secondary N) is 1. The smallest absolute Gasteiger partial charge is 0.244 e. The van der Waals surface area contributed by atoms with Crippen molar-refractivity contribution in [2.45, 2.75) is 46.7 Å². The van der Waals surface area contributed by atoms with Gasteiger partial charge < -0.3 is 10.2 Å². The molecule has 0 fully saturated rings. The van der Waals surface area contributed by atoms with Crippen molar-refractivity contribution in [2.24, 2.45) is 0 Å². The molecule has 0 radical (unpaired) electrons. The van der Waals surface area contributed by atoms with Gasteiger partial charge in [0, 0.05) is 19.5 Å². The lowest BCUT2D eigenvalue weighted by Gasteiger charge is -2.34. The number of sulfonamides is 1. The summed E-state index contributed by atoms with van der Waals surface area (Å²) in [6, 6.07) is 21.8. The van der Waals surface area contributed by atoms with Crippen LogP contribution in [0.2, 0.25) is 0 Å². The lowest BCUT2D eigenvalue weighted by atomic mass is 10.0. The third kappa shape index (κ3) is 7.44. The van der Waals surface area contributed by atoms with Gasteiger partial charge in [-0.15, -0.1) is 0 Å². The zero-order chi connectivity index (χ0) is 27.9. The number of aryl methyl sites for hydroxylation is 3. The molecule has 0 aliphatic rings. The predicted octanol–water partition coefficient (Wildman–Crippen LogP) is 4.15. The van der Waals surface area contributed by atoms with Gasteiger partial charge in [0.25, 0.3) is 0 Å². The van der Waals surface area contributed by atoms with E-state index >= 15 is 0 Å². The predicted molar refractivity (Wildman–Crippen MR) is 152 cm³/mol. The van der Waals surface area contributed by atoms with Gasteiger partial charge in [-0.25, -0.2) is 8.42 Å². The van der Waals surface area contributed by atoms with Gasteiger partial charge in [-0.2, -0.15) is 0 Å². The number of carbonyl (C=O) groups is 2. The minimum atomic E-state index is -3.79. The van der Waals surface area contributed by atoms with Gasteiger partial charge in [0.15, 0.2) is 0 Å². The van der Waals surface area contributed by atoms with Crippen molar-refractivity contribution in [1.82, 2.24) is 10.2 Å².